The molecule has 2 aromatic carbocycles. The molecule has 90 valence electrons. The Morgan fingerprint density at radius 3 is 2.17 bits per heavy atom. The third-order valence-corrected chi connectivity index (χ3v) is 3.48. The molecule has 0 N–H and O–H groups in total. The van der Waals surface area contributed by atoms with Crippen LogP contribution in [0.3, 0.4) is 0 Å². The second kappa shape index (κ2) is 5.65. The zero-order chi connectivity index (χ0) is 13.0. The van der Waals surface area contributed by atoms with Crippen molar-refractivity contribution in [2.24, 2.45) is 0 Å². The van der Waals surface area contributed by atoms with Crippen molar-refractivity contribution in [3.8, 4) is 0 Å². The van der Waals surface area contributed by atoms with E-state index in [9.17, 15) is 9.59 Å². The van der Waals surface area contributed by atoms with Crippen LogP contribution >= 0.6 is 11.8 Å². The Morgan fingerprint density at radius 2 is 1.50 bits per heavy atom. The van der Waals surface area contributed by atoms with Crippen molar-refractivity contribution >= 4 is 22.7 Å². The Kier molecular flexibility index (Phi) is 3.95. The summed E-state index contributed by atoms with van der Waals surface area (Å²) in [6.07, 6.45) is 0. The van der Waals surface area contributed by atoms with Gasteiger partial charge in [-0.3, -0.25) is 9.59 Å². The molecule has 18 heavy (non-hydrogen) atoms. The molecule has 0 saturated carbocycles. The van der Waals surface area contributed by atoms with Gasteiger partial charge in [0.25, 0.3) is 0 Å². The fourth-order valence-corrected chi connectivity index (χ4v) is 2.50. The molecule has 3 heteroatoms. The van der Waals surface area contributed by atoms with Crippen LogP contribution in [0.1, 0.15) is 27.6 Å². The van der Waals surface area contributed by atoms with Gasteiger partial charge in [0.15, 0.2) is 5.78 Å². The molecule has 0 saturated heterocycles. The molecule has 0 aliphatic carbocycles. The highest BCUT2D eigenvalue weighted by Gasteiger charge is 2.12. The van der Waals surface area contributed by atoms with Crippen LogP contribution in [-0.2, 0) is 0 Å². The molecule has 2 aromatic rings. The highest BCUT2D eigenvalue weighted by Crippen LogP contribution is 2.26. The zero-order valence-corrected chi connectivity index (χ0v) is 10.7. The third-order valence-electron chi connectivity index (χ3n) is 2.48. The molecule has 0 heterocycles. The van der Waals surface area contributed by atoms with Crippen LogP contribution in [0, 0.1) is 0 Å². The number of ketones is 1. The molecule has 0 fully saturated rings. The molecule has 0 aliphatic rings. The van der Waals surface area contributed by atoms with Crippen molar-refractivity contribution in [3.05, 3.63) is 65.7 Å². The molecule has 0 aromatic heterocycles. The average molecular weight is 256 g/mol. The third kappa shape index (κ3) is 2.87. The van der Waals surface area contributed by atoms with Crippen molar-refractivity contribution in [2.45, 2.75) is 11.8 Å². The van der Waals surface area contributed by atoms with Gasteiger partial charge in [0.2, 0.25) is 5.12 Å². The SMILES string of the molecule is CC(=O)c1ccccc1SC(=O)c1ccccc1. The van der Waals surface area contributed by atoms with E-state index in [-0.39, 0.29) is 10.9 Å². The summed E-state index contributed by atoms with van der Waals surface area (Å²) < 4.78 is 0. The van der Waals surface area contributed by atoms with Crippen molar-refractivity contribution in [2.75, 3.05) is 0 Å². The zero-order valence-electron chi connectivity index (χ0n) is 9.92. The van der Waals surface area contributed by atoms with E-state index >= 15 is 0 Å². The number of benzene rings is 2. The average Bonchev–Trinajstić information content (AvgIpc) is 2.40. The van der Waals surface area contributed by atoms with Gasteiger partial charge in [-0.15, -0.1) is 0 Å². The summed E-state index contributed by atoms with van der Waals surface area (Å²) in [4.78, 5) is 24.2. The summed E-state index contributed by atoms with van der Waals surface area (Å²) in [5.41, 5.74) is 1.23. The molecule has 0 spiro atoms. The lowest BCUT2D eigenvalue weighted by Gasteiger charge is -2.05. The van der Waals surface area contributed by atoms with E-state index in [1.807, 2.05) is 24.3 Å². The summed E-state index contributed by atoms with van der Waals surface area (Å²) in [6.45, 7) is 1.51. The van der Waals surface area contributed by atoms with Gasteiger partial charge in [0, 0.05) is 16.0 Å². The Hall–Kier alpha value is -1.87. The van der Waals surface area contributed by atoms with E-state index < -0.39 is 0 Å². The van der Waals surface area contributed by atoms with E-state index in [1.165, 1.54) is 6.92 Å². The number of hydrogen-bond acceptors (Lipinski definition) is 3. The number of Topliss-reactive ketones (excluding diaryl/α,β-unsaturated/α-hetero) is 1. The quantitative estimate of drug-likeness (QED) is 0.618. The molecule has 0 unspecified atom stereocenters. The van der Waals surface area contributed by atoms with Crippen LogP contribution < -0.4 is 0 Å². The fraction of sp³-hybridized carbons (Fsp3) is 0.0667. The van der Waals surface area contributed by atoms with Crippen LogP contribution in [0.5, 0.6) is 0 Å². The minimum absolute atomic E-state index is 0.0287. The van der Waals surface area contributed by atoms with Gasteiger partial charge in [-0.1, -0.05) is 48.5 Å². The molecule has 0 amide bonds. The Balaban J connectivity index is 2.25. The largest absolute Gasteiger partial charge is 0.294 e. The first-order valence-corrected chi connectivity index (χ1v) is 6.37. The van der Waals surface area contributed by atoms with E-state index in [4.69, 9.17) is 0 Å². The standard InChI is InChI=1S/C15H12O2S/c1-11(16)13-9-5-6-10-14(13)18-15(17)12-7-3-2-4-8-12/h2-10H,1H3. The maximum atomic E-state index is 12.0. The van der Waals surface area contributed by atoms with Crippen LogP contribution in [0.4, 0.5) is 0 Å². The molecular formula is C15H12O2S. The molecule has 0 bridgehead atoms. The lowest BCUT2D eigenvalue weighted by Crippen LogP contribution is -1.98. The summed E-state index contributed by atoms with van der Waals surface area (Å²) in [6, 6.07) is 16.2. The Morgan fingerprint density at radius 1 is 0.889 bits per heavy atom. The fourth-order valence-electron chi connectivity index (χ4n) is 1.58. The first-order valence-electron chi connectivity index (χ1n) is 5.55. The maximum Gasteiger partial charge on any atom is 0.224 e. The highest BCUT2D eigenvalue weighted by molar-refractivity contribution is 8.14. The normalized spacial score (nSPS) is 10.1. The van der Waals surface area contributed by atoms with E-state index in [0.29, 0.717) is 16.0 Å². The van der Waals surface area contributed by atoms with E-state index in [0.717, 1.165) is 11.8 Å². The van der Waals surface area contributed by atoms with Crippen molar-refractivity contribution in [3.63, 3.8) is 0 Å². The predicted molar refractivity (Wildman–Crippen MR) is 73.1 cm³/mol. The summed E-state index contributed by atoms with van der Waals surface area (Å²) >= 11 is 1.09. The van der Waals surface area contributed by atoms with Crippen LogP contribution in [0.15, 0.2) is 59.5 Å². The lowest BCUT2D eigenvalue weighted by molar-refractivity contribution is 0.101. The molecule has 0 radical (unpaired) electrons. The number of carbonyl (C=O) groups excluding carboxylic acids is 2. The smallest absolute Gasteiger partial charge is 0.224 e. The lowest BCUT2D eigenvalue weighted by atomic mass is 10.1. The van der Waals surface area contributed by atoms with Crippen LogP contribution in [-0.4, -0.2) is 10.9 Å². The maximum absolute atomic E-state index is 12.0. The molecule has 0 atom stereocenters. The summed E-state index contributed by atoms with van der Waals surface area (Å²) in [7, 11) is 0. The Labute approximate surface area is 110 Å². The van der Waals surface area contributed by atoms with Crippen molar-refractivity contribution in [1.82, 2.24) is 0 Å². The number of thioether (sulfide) groups is 1. The Bertz CT molecular complexity index is 576. The number of hydrogen-bond donors (Lipinski definition) is 0. The number of carbonyl (C=O) groups is 2. The molecule has 0 aliphatic heterocycles. The molecule has 2 rings (SSSR count). The van der Waals surface area contributed by atoms with Crippen LogP contribution in [0.25, 0.3) is 0 Å². The monoisotopic (exact) mass is 256 g/mol. The number of rotatable bonds is 3. The molecule has 2 nitrogen and oxygen atoms in total. The highest BCUT2D eigenvalue weighted by atomic mass is 32.2. The van der Waals surface area contributed by atoms with Gasteiger partial charge in [0.1, 0.15) is 0 Å². The van der Waals surface area contributed by atoms with E-state index in [1.54, 1.807) is 30.3 Å². The van der Waals surface area contributed by atoms with Gasteiger partial charge in [-0.2, -0.15) is 0 Å². The topological polar surface area (TPSA) is 34.1 Å². The van der Waals surface area contributed by atoms with Gasteiger partial charge in [-0.05, 0) is 24.8 Å². The van der Waals surface area contributed by atoms with Gasteiger partial charge >= 0.3 is 0 Å². The minimum Gasteiger partial charge on any atom is -0.294 e. The van der Waals surface area contributed by atoms with Crippen molar-refractivity contribution in [1.29, 1.82) is 0 Å². The van der Waals surface area contributed by atoms with Gasteiger partial charge < -0.3 is 0 Å². The van der Waals surface area contributed by atoms with E-state index in [2.05, 4.69) is 0 Å². The van der Waals surface area contributed by atoms with Crippen molar-refractivity contribution < 1.29 is 9.59 Å². The van der Waals surface area contributed by atoms with Gasteiger partial charge in [0.05, 0.1) is 0 Å². The molecular weight excluding hydrogens is 244 g/mol. The first kappa shape index (κ1) is 12.6. The summed E-state index contributed by atoms with van der Waals surface area (Å²) in [5.74, 6) is -0.0287. The van der Waals surface area contributed by atoms with Gasteiger partial charge in [-0.25, -0.2) is 0 Å². The predicted octanol–water partition coefficient (Wildman–Crippen LogP) is 3.82. The second-order valence-electron chi connectivity index (χ2n) is 3.81. The second-order valence-corrected chi connectivity index (χ2v) is 4.82. The van der Waals surface area contributed by atoms with Crippen LogP contribution in [0.2, 0.25) is 0 Å². The first-order chi connectivity index (χ1) is 8.68. The minimum atomic E-state index is -0.0516. The summed E-state index contributed by atoms with van der Waals surface area (Å²) in [5, 5.41) is -0.0516.